The van der Waals surface area contributed by atoms with Crippen molar-refractivity contribution < 1.29 is 0 Å². The molecule has 0 fully saturated rings. The summed E-state index contributed by atoms with van der Waals surface area (Å²) in [4.78, 5) is 2.50. The Morgan fingerprint density at radius 1 is 0.419 bits per heavy atom. The van der Waals surface area contributed by atoms with Gasteiger partial charge in [-0.15, -0.1) is 0 Å². The average Bonchev–Trinajstić information content (AvgIpc) is 3.87. The molecular formula is C60H44N2. The summed E-state index contributed by atoms with van der Waals surface area (Å²) in [6.07, 6.45) is 15.8. The third-order valence-corrected chi connectivity index (χ3v) is 13.2. The molecule has 2 atom stereocenters. The molecule has 0 saturated heterocycles. The van der Waals surface area contributed by atoms with Crippen molar-refractivity contribution in [2.45, 2.75) is 24.8 Å². The fraction of sp³-hybridized carbons (Fsp3) is 0.0667. The van der Waals surface area contributed by atoms with E-state index in [1.807, 2.05) is 0 Å². The molecule has 9 aromatic rings. The number of para-hydroxylation sites is 2. The Hall–Kier alpha value is -7.68. The second-order valence-corrected chi connectivity index (χ2v) is 16.8. The highest BCUT2D eigenvalue weighted by Crippen LogP contribution is 2.48. The van der Waals surface area contributed by atoms with Crippen LogP contribution in [0.1, 0.15) is 29.2 Å². The van der Waals surface area contributed by atoms with Crippen molar-refractivity contribution in [3.8, 4) is 61.3 Å². The van der Waals surface area contributed by atoms with Gasteiger partial charge in [-0.1, -0.05) is 158 Å². The Kier molecular flexibility index (Phi) is 8.81. The normalized spacial score (nSPS) is 16.0. The zero-order chi connectivity index (χ0) is 41.0. The van der Waals surface area contributed by atoms with Crippen molar-refractivity contribution in [1.29, 1.82) is 0 Å². The van der Waals surface area contributed by atoms with Crippen molar-refractivity contribution in [2.75, 3.05) is 4.90 Å². The van der Waals surface area contributed by atoms with Crippen LogP contribution in [-0.2, 0) is 6.42 Å². The Bertz CT molecular complexity index is 3220. The molecule has 1 aromatic heterocycles. The molecule has 2 aliphatic carbocycles. The molecule has 2 heteroatoms. The quantitative estimate of drug-likeness (QED) is 0.156. The summed E-state index contributed by atoms with van der Waals surface area (Å²) in [5.74, 6) is 0.359. The van der Waals surface area contributed by atoms with Gasteiger partial charge in [0.15, 0.2) is 0 Å². The van der Waals surface area contributed by atoms with Crippen LogP contribution in [0.25, 0.3) is 78.3 Å². The Morgan fingerprint density at radius 3 is 1.55 bits per heavy atom. The van der Waals surface area contributed by atoms with E-state index in [0.717, 1.165) is 12.8 Å². The lowest BCUT2D eigenvalue weighted by atomic mass is 9.89. The lowest BCUT2D eigenvalue weighted by molar-refractivity contribution is 0.745. The molecule has 0 spiro atoms. The minimum Gasteiger partial charge on any atom is -0.333 e. The summed E-state index contributed by atoms with van der Waals surface area (Å²) in [5.41, 5.74) is 21.1. The molecule has 2 heterocycles. The highest BCUT2D eigenvalue weighted by Gasteiger charge is 2.37. The predicted octanol–water partition coefficient (Wildman–Crippen LogP) is 15.7. The Balaban J connectivity index is 0.960. The number of fused-ring (bicyclic) bond motifs is 6. The molecule has 0 bridgehead atoms. The third kappa shape index (κ3) is 6.26. The number of hydrogen-bond acceptors (Lipinski definition) is 1. The lowest BCUT2D eigenvalue weighted by Gasteiger charge is -2.28. The van der Waals surface area contributed by atoms with Gasteiger partial charge in [0.2, 0.25) is 0 Å². The van der Waals surface area contributed by atoms with Gasteiger partial charge in [0, 0.05) is 39.6 Å². The van der Waals surface area contributed by atoms with E-state index in [9.17, 15) is 0 Å². The van der Waals surface area contributed by atoms with Crippen molar-refractivity contribution in [2.24, 2.45) is 0 Å². The van der Waals surface area contributed by atoms with Crippen LogP contribution in [0.4, 0.5) is 11.4 Å². The van der Waals surface area contributed by atoms with E-state index in [4.69, 9.17) is 0 Å². The van der Waals surface area contributed by atoms with E-state index in [1.165, 1.54) is 100 Å². The van der Waals surface area contributed by atoms with Gasteiger partial charge in [0.25, 0.3) is 0 Å². The number of benzene rings is 8. The van der Waals surface area contributed by atoms with Crippen LogP contribution >= 0.6 is 0 Å². The Morgan fingerprint density at radius 2 is 0.919 bits per heavy atom. The smallest absolute Gasteiger partial charge is 0.0629 e. The van der Waals surface area contributed by atoms with E-state index >= 15 is 0 Å². The second kappa shape index (κ2) is 15.1. The molecule has 3 aliphatic rings. The average molecular weight is 793 g/mol. The maximum Gasteiger partial charge on any atom is 0.0629 e. The summed E-state index contributed by atoms with van der Waals surface area (Å²) >= 11 is 0. The van der Waals surface area contributed by atoms with Crippen LogP contribution < -0.4 is 4.90 Å². The summed E-state index contributed by atoms with van der Waals surface area (Å²) < 4.78 is 2.47. The van der Waals surface area contributed by atoms with E-state index < -0.39 is 0 Å². The molecule has 2 unspecified atom stereocenters. The predicted molar refractivity (Wildman–Crippen MR) is 261 cm³/mol. The van der Waals surface area contributed by atoms with Crippen molar-refractivity contribution >= 4 is 28.4 Å². The van der Waals surface area contributed by atoms with E-state index in [-0.39, 0.29) is 6.04 Å². The monoisotopic (exact) mass is 792 g/mol. The standard InChI is InChI=1S/C60H44N2/c1-3-15-41(16-4-1)45-35-47(43-27-31-51(32-28-43)61-57-23-11-7-19-53(57)54-20-8-12-24-58(54)61)39-49(37-45)50-38-46(42-17-5-2-6-18-42)36-48(40-50)44-29-33-52(34-30-44)62-59-25-13-9-21-55(59)56-22-10-14-26-60(56)62/h1-13,15-25,27-40,53,57H,14,26H2. The van der Waals surface area contributed by atoms with Gasteiger partial charge in [0.05, 0.1) is 11.6 Å². The fourth-order valence-electron chi connectivity index (χ4n) is 10.2. The van der Waals surface area contributed by atoms with Gasteiger partial charge >= 0.3 is 0 Å². The SMILES string of the molecule is C1=CC2c3ccccc3N(c3ccc(-c4cc(-c5ccccc5)cc(-c5cc(-c6ccccc6)cc(-c6ccc(-n7c8c(c9ccccc97)C=CCC8)cc6)c5)c4)cc3)C2C=C1. The van der Waals surface area contributed by atoms with E-state index in [1.54, 1.807) is 0 Å². The number of aromatic nitrogens is 1. The van der Waals surface area contributed by atoms with E-state index in [0.29, 0.717) is 5.92 Å². The van der Waals surface area contributed by atoms with Crippen LogP contribution in [0.5, 0.6) is 0 Å². The first-order valence-electron chi connectivity index (χ1n) is 21.9. The number of allylic oxidation sites excluding steroid dienone is 3. The number of hydrogen-bond donors (Lipinski definition) is 0. The molecule has 8 aromatic carbocycles. The maximum absolute atomic E-state index is 2.50. The highest BCUT2D eigenvalue weighted by atomic mass is 15.2. The van der Waals surface area contributed by atoms with Gasteiger partial charge < -0.3 is 9.47 Å². The second-order valence-electron chi connectivity index (χ2n) is 16.8. The Labute approximate surface area is 363 Å². The van der Waals surface area contributed by atoms with Gasteiger partial charge in [-0.05, 0) is 147 Å². The number of anilines is 2. The number of rotatable bonds is 7. The van der Waals surface area contributed by atoms with Crippen LogP contribution in [0.3, 0.4) is 0 Å². The van der Waals surface area contributed by atoms with Gasteiger partial charge in [0.1, 0.15) is 0 Å². The summed E-state index contributed by atoms with van der Waals surface area (Å²) in [5, 5.41) is 1.32. The van der Waals surface area contributed by atoms with Gasteiger partial charge in [-0.3, -0.25) is 0 Å². The first-order chi connectivity index (χ1) is 30.7. The number of nitrogens with zero attached hydrogens (tertiary/aromatic N) is 2. The third-order valence-electron chi connectivity index (χ3n) is 13.2. The van der Waals surface area contributed by atoms with Crippen LogP contribution in [0.15, 0.2) is 225 Å². The van der Waals surface area contributed by atoms with Crippen LogP contribution in [0.2, 0.25) is 0 Å². The molecule has 0 amide bonds. The maximum atomic E-state index is 2.50. The first kappa shape index (κ1) is 36.2. The minimum absolute atomic E-state index is 0.273. The first-order valence-corrected chi connectivity index (χ1v) is 21.9. The molecule has 1 aliphatic heterocycles. The molecule has 294 valence electrons. The molecule has 0 radical (unpaired) electrons. The molecule has 12 rings (SSSR count). The molecule has 0 N–H and O–H groups in total. The minimum atomic E-state index is 0.273. The topological polar surface area (TPSA) is 8.17 Å². The summed E-state index contributed by atoms with van der Waals surface area (Å²) in [7, 11) is 0. The van der Waals surface area contributed by atoms with Crippen LogP contribution in [-0.4, -0.2) is 10.6 Å². The summed E-state index contributed by atoms with van der Waals surface area (Å²) in [6.45, 7) is 0. The van der Waals surface area contributed by atoms with Gasteiger partial charge in [-0.2, -0.15) is 0 Å². The molecular weight excluding hydrogens is 749 g/mol. The van der Waals surface area contributed by atoms with Crippen molar-refractivity contribution in [1.82, 2.24) is 4.57 Å². The zero-order valence-electron chi connectivity index (χ0n) is 34.4. The molecule has 62 heavy (non-hydrogen) atoms. The fourth-order valence-corrected chi connectivity index (χ4v) is 10.2. The van der Waals surface area contributed by atoms with Crippen LogP contribution in [0, 0.1) is 0 Å². The van der Waals surface area contributed by atoms with Crippen molar-refractivity contribution in [3.63, 3.8) is 0 Å². The van der Waals surface area contributed by atoms with E-state index in [2.05, 4.69) is 240 Å². The molecule has 0 saturated carbocycles. The largest absolute Gasteiger partial charge is 0.333 e. The lowest BCUT2D eigenvalue weighted by Crippen LogP contribution is -2.28. The molecule has 2 nitrogen and oxygen atoms in total. The summed E-state index contributed by atoms with van der Waals surface area (Å²) in [6, 6.07) is 72.1. The van der Waals surface area contributed by atoms with Crippen molar-refractivity contribution in [3.05, 3.63) is 241 Å². The highest BCUT2D eigenvalue weighted by molar-refractivity contribution is 5.94. The zero-order valence-corrected chi connectivity index (χ0v) is 34.4. The van der Waals surface area contributed by atoms with Gasteiger partial charge in [-0.25, -0.2) is 0 Å².